The summed E-state index contributed by atoms with van der Waals surface area (Å²) in [6.45, 7) is 8.17. The Morgan fingerprint density at radius 3 is 2.81 bits per heavy atom. The number of carbonyl (C=O) groups is 2. The Labute approximate surface area is 181 Å². The van der Waals surface area contributed by atoms with E-state index in [1.807, 2.05) is 37.3 Å². The normalized spacial score (nSPS) is 13.7. The number of nitrogens with zero attached hydrogens (tertiary/aromatic N) is 1. The molecule has 2 N–H and O–H groups in total. The molecule has 164 valence electrons. The zero-order chi connectivity index (χ0) is 22.4. The average Bonchev–Trinajstić information content (AvgIpc) is 2.76. The lowest BCUT2D eigenvalue weighted by Crippen LogP contribution is -2.41. The highest BCUT2D eigenvalue weighted by atomic mass is 16.6. The van der Waals surface area contributed by atoms with Crippen molar-refractivity contribution in [1.82, 2.24) is 5.48 Å². The molecule has 1 aliphatic heterocycles. The monoisotopic (exact) mass is 426 g/mol. The van der Waals surface area contributed by atoms with Crippen molar-refractivity contribution in [1.29, 1.82) is 0 Å². The molecule has 1 heterocycles. The number of ether oxygens (including phenoxy) is 2. The van der Waals surface area contributed by atoms with Gasteiger partial charge in [-0.1, -0.05) is 25.6 Å². The minimum atomic E-state index is -0.994. The van der Waals surface area contributed by atoms with Gasteiger partial charge in [-0.25, -0.2) is 4.79 Å². The number of benzene rings is 2. The topological polar surface area (TPSA) is 97.3 Å². The first-order chi connectivity index (χ1) is 14.9. The van der Waals surface area contributed by atoms with Crippen molar-refractivity contribution in [3.8, 4) is 11.5 Å². The number of aliphatic carboxylic acids is 1. The molecule has 0 fully saturated rings. The fourth-order valence-corrected chi connectivity index (χ4v) is 3.16. The number of hydrogen-bond donors (Lipinski definition) is 2. The number of fused-ring (bicyclic) bond motifs is 1. The van der Waals surface area contributed by atoms with Gasteiger partial charge in [0.25, 0.3) is 5.91 Å². The number of nitrogens with one attached hydrogen (secondary N) is 1. The van der Waals surface area contributed by atoms with Crippen molar-refractivity contribution < 1.29 is 29.0 Å². The second-order valence-corrected chi connectivity index (χ2v) is 7.06. The van der Waals surface area contributed by atoms with Crippen LogP contribution >= 0.6 is 0 Å². The molecule has 1 aliphatic rings. The fraction of sp³-hybridized carbons (Fsp3) is 0.304. The lowest BCUT2D eigenvalue weighted by Gasteiger charge is -2.29. The Hall–Kier alpha value is -3.52. The minimum absolute atomic E-state index is 0.00557. The van der Waals surface area contributed by atoms with Crippen LogP contribution in [0.4, 0.5) is 5.69 Å². The average molecular weight is 426 g/mol. The van der Waals surface area contributed by atoms with Crippen LogP contribution in [0.2, 0.25) is 0 Å². The van der Waals surface area contributed by atoms with Crippen LogP contribution in [0.5, 0.6) is 11.5 Å². The van der Waals surface area contributed by atoms with Crippen molar-refractivity contribution in [2.75, 3.05) is 24.7 Å². The summed E-state index contributed by atoms with van der Waals surface area (Å²) in [5.74, 6) is 0.0626. The number of amides is 1. The maximum absolute atomic E-state index is 12.2. The number of carboxylic acid groups (broad SMARTS) is 1. The molecule has 1 unspecified atom stereocenters. The van der Waals surface area contributed by atoms with Gasteiger partial charge in [-0.3, -0.25) is 15.1 Å². The summed E-state index contributed by atoms with van der Waals surface area (Å²) < 4.78 is 11.0. The number of hydroxylamine groups is 1. The quantitative estimate of drug-likeness (QED) is 0.445. The highest BCUT2D eigenvalue weighted by Gasteiger charge is 2.24. The molecule has 0 aromatic heterocycles. The Bertz CT molecular complexity index is 974. The van der Waals surface area contributed by atoms with Gasteiger partial charge < -0.3 is 19.5 Å². The summed E-state index contributed by atoms with van der Waals surface area (Å²) in [5.41, 5.74) is 5.62. The number of hydrogen-bond acceptors (Lipinski definition) is 6. The van der Waals surface area contributed by atoms with Crippen LogP contribution in [-0.2, 0) is 14.4 Å². The summed E-state index contributed by atoms with van der Waals surface area (Å²) in [6.07, 6.45) is -0.517. The van der Waals surface area contributed by atoms with E-state index in [0.717, 1.165) is 16.8 Å². The highest BCUT2D eigenvalue weighted by molar-refractivity contribution is 5.97. The number of aryl methyl sites for hydroxylation is 1. The van der Waals surface area contributed by atoms with E-state index >= 15 is 0 Å². The Balaban J connectivity index is 1.53. The first kappa shape index (κ1) is 22.2. The molecule has 8 heteroatoms. The number of para-hydroxylation sites is 2. The lowest BCUT2D eigenvalue weighted by atomic mass is 10.1. The predicted molar refractivity (Wildman–Crippen MR) is 116 cm³/mol. The van der Waals surface area contributed by atoms with Gasteiger partial charge in [-0.05, 0) is 54.8 Å². The van der Waals surface area contributed by atoms with Gasteiger partial charge in [0.1, 0.15) is 11.5 Å². The maximum Gasteiger partial charge on any atom is 0.344 e. The second-order valence-electron chi connectivity index (χ2n) is 7.06. The third-order valence-corrected chi connectivity index (χ3v) is 4.86. The first-order valence-electron chi connectivity index (χ1n) is 10.00. The van der Waals surface area contributed by atoms with E-state index < -0.39 is 12.1 Å². The number of carbonyl (C=O) groups excluding carboxylic acids is 1. The van der Waals surface area contributed by atoms with Crippen molar-refractivity contribution in [3.63, 3.8) is 0 Å². The molecule has 0 radical (unpaired) electrons. The van der Waals surface area contributed by atoms with E-state index in [2.05, 4.69) is 12.1 Å². The van der Waals surface area contributed by atoms with Gasteiger partial charge in [0, 0.05) is 0 Å². The standard InChI is InChI=1S/C23H26N2O6/c1-4-19(23(27)28)31-20-10-9-17(13-15(20)2)16(3)24-30-12-11-25-18-7-5-6-8-21(18)29-14-22(25)26/h5-10,13,19,24H,3-4,11-12,14H2,1-2H3,(H,27,28). The highest BCUT2D eigenvalue weighted by Crippen LogP contribution is 2.31. The van der Waals surface area contributed by atoms with E-state index in [1.54, 1.807) is 24.0 Å². The van der Waals surface area contributed by atoms with Crippen molar-refractivity contribution in [3.05, 3.63) is 60.2 Å². The van der Waals surface area contributed by atoms with E-state index in [4.69, 9.17) is 19.4 Å². The minimum Gasteiger partial charge on any atom is -0.482 e. The van der Waals surface area contributed by atoms with Crippen LogP contribution in [0.1, 0.15) is 24.5 Å². The molecular weight excluding hydrogens is 400 g/mol. The fourth-order valence-electron chi connectivity index (χ4n) is 3.16. The van der Waals surface area contributed by atoms with E-state index in [-0.39, 0.29) is 19.1 Å². The molecule has 0 saturated heterocycles. The Morgan fingerprint density at radius 1 is 1.32 bits per heavy atom. The second kappa shape index (κ2) is 9.99. The van der Waals surface area contributed by atoms with Crippen molar-refractivity contribution in [2.45, 2.75) is 26.4 Å². The number of anilines is 1. The van der Waals surface area contributed by atoms with E-state index in [0.29, 0.717) is 30.2 Å². The van der Waals surface area contributed by atoms with Gasteiger partial charge >= 0.3 is 5.97 Å². The van der Waals surface area contributed by atoms with E-state index in [1.165, 1.54) is 0 Å². The molecule has 8 nitrogen and oxygen atoms in total. The van der Waals surface area contributed by atoms with Gasteiger partial charge in [-0.15, -0.1) is 0 Å². The van der Waals surface area contributed by atoms with Crippen LogP contribution in [0.3, 0.4) is 0 Å². The van der Waals surface area contributed by atoms with Crippen molar-refractivity contribution >= 4 is 23.3 Å². The van der Waals surface area contributed by atoms with Gasteiger partial charge in [0.2, 0.25) is 0 Å². The number of rotatable bonds is 10. The van der Waals surface area contributed by atoms with Crippen molar-refractivity contribution in [2.24, 2.45) is 0 Å². The molecule has 0 aliphatic carbocycles. The maximum atomic E-state index is 12.2. The molecule has 3 rings (SSSR count). The molecule has 2 aromatic carbocycles. The molecule has 0 saturated carbocycles. The Kier molecular flexibility index (Phi) is 7.15. The van der Waals surface area contributed by atoms with Gasteiger partial charge in [0.15, 0.2) is 12.7 Å². The van der Waals surface area contributed by atoms with Crippen LogP contribution in [0, 0.1) is 6.92 Å². The molecule has 1 atom stereocenters. The van der Waals surface area contributed by atoms with Gasteiger partial charge in [0.05, 0.1) is 24.5 Å². The molecule has 0 spiro atoms. The van der Waals surface area contributed by atoms with E-state index in [9.17, 15) is 9.59 Å². The van der Waals surface area contributed by atoms with Crippen LogP contribution in [-0.4, -0.2) is 42.8 Å². The third-order valence-electron chi connectivity index (χ3n) is 4.86. The zero-order valence-electron chi connectivity index (χ0n) is 17.6. The third kappa shape index (κ3) is 5.35. The summed E-state index contributed by atoms with van der Waals surface area (Å²) >= 11 is 0. The molecule has 2 aromatic rings. The summed E-state index contributed by atoms with van der Waals surface area (Å²) in [5, 5.41) is 9.16. The lowest BCUT2D eigenvalue weighted by molar-refractivity contribution is -0.145. The van der Waals surface area contributed by atoms with Crippen LogP contribution in [0.25, 0.3) is 5.70 Å². The SMILES string of the molecule is C=C(NOCCN1C(=O)COc2ccccc21)c1ccc(OC(CC)C(=O)O)c(C)c1. The largest absolute Gasteiger partial charge is 0.482 e. The van der Waals surface area contributed by atoms with Crippen LogP contribution < -0.4 is 19.9 Å². The predicted octanol–water partition coefficient (Wildman–Crippen LogP) is 3.15. The summed E-state index contributed by atoms with van der Waals surface area (Å²) in [7, 11) is 0. The molecule has 31 heavy (non-hydrogen) atoms. The molecule has 1 amide bonds. The smallest absolute Gasteiger partial charge is 0.344 e. The summed E-state index contributed by atoms with van der Waals surface area (Å²) in [6, 6.07) is 12.7. The summed E-state index contributed by atoms with van der Waals surface area (Å²) in [4.78, 5) is 30.5. The molecule has 0 bridgehead atoms. The van der Waals surface area contributed by atoms with Crippen LogP contribution in [0.15, 0.2) is 49.0 Å². The molecular formula is C23H26N2O6. The zero-order valence-corrected chi connectivity index (χ0v) is 17.6. The number of carboxylic acids is 1. The van der Waals surface area contributed by atoms with Gasteiger partial charge in [-0.2, -0.15) is 0 Å². The first-order valence-corrected chi connectivity index (χ1v) is 10.00. The Morgan fingerprint density at radius 2 is 2.10 bits per heavy atom.